The number of carbonyl (C=O) groups is 1. The number of rotatable bonds is 11. The Morgan fingerprint density at radius 2 is 1.80 bits per heavy atom. The van der Waals surface area contributed by atoms with Crippen LogP contribution in [0.1, 0.15) is 32.8 Å². The number of nitro benzene ring substituents is 1. The first kappa shape index (κ1) is 36.3. The number of hydrogen-bond donors (Lipinski definition) is 4. The van der Waals surface area contributed by atoms with Gasteiger partial charge in [0.25, 0.3) is 5.69 Å². The molecule has 1 amide bonds. The molecule has 3 N–H and O–H groups in total. The highest BCUT2D eigenvalue weighted by atomic mass is 32.3. The molecule has 230 valence electrons. The van der Waals surface area contributed by atoms with E-state index in [2.05, 4.69) is 34.9 Å². The number of benzene rings is 2. The Bertz CT molecular complexity index is 1130. The molecule has 0 aromatic heterocycles. The molecule has 2 aromatic rings. The van der Waals surface area contributed by atoms with E-state index in [1.54, 1.807) is 12.1 Å². The Morgan fingerprint density at radius 1 is 1.17 bits per heavy atom. The van der Waals surface area contributed by atoms with E-state index in [0.717, 1.165) is 29.6 Å². The van der Waals surface area contributed by atoms with Crippen molar-refractivity contribution < 1.29 is 36.3 Å². The Morgan fingerprint density at radius 3 is 2.24 bits per heavy atom. The van der Waals surface area contributed by atoms with Gasteiger partial charge in [0.1, 0.15) is 6.10 Å². The summed E-state index contributed by atoms with van der Waals surface area (Å²) in [5.74, 6) is 1.16. The number of thiol groups is 1. The minimum absolute atomic E-state index is 0.0952. The lowest BCUT2D eigenvalue weighted by Crippen LogP contribution is -2.51. The first-order valence-corrected chi connectivity index (χ1v) is 14.9. The summed E-state index contributed by atoms with van der Waals surface area (Å²) in [5, 5.41) is 15.7. The molecule has 1 saturated heterocycles. The molecule has 14 heteroatoms. The van der Waals surface area contributed by atoms with E-state index in [0.29, 0.717) is 18.9 Å². The number of hydrogen-bond acceptors (Lipinski definition) is 10. The standard InChI is InChI=1S/C16H26N2O6S.C6H5NO2S.C5H10O/c1-12(2)10-17-11-15(24-25(20,21)22)14(18-16(19)23-3)9-13-7-5-4-6-8-13;8-7(9)5-1-3-6(10)4-2-5;1-5-2-3-6-4-5/h4-8,12,14-15,17H,9-11H2,1-3H3,(H,18,19)(H,20,21,22);1-4,10H;5H,2-4H2,1H3. The number of carbonyl (C=O) groups excluding carboxylic acids is 1. The van der Waals surface area contributed by atoms with Crippen molar-refractivity contribution >= 4 is 34.8 Å². The Hall–Kier alpha value is -2.75. The predicted octanol–water partition coefficient (Wildman–Crippen LogP) is 4.31. The molecule has 3 atom stereocenters. The molecule has 3 rings (SSSR count). The number of methoxy groups -OCH3 is 1. The lowest BCUT2D eigenvalue weighted by molar-refractivity contribution is -0.384. The van der Waals surface area contributed by atoms with E-state index in [9.17, 15) is 23.3 Å². The molecule has 41 heavy (non-hydrogen) atoms. The van der Waals surface area contributed by atoms with Crippen molar-refractivity contribution in [1.29, 1.82) is 0 Å². The van der Waals surface area contributed by atoms with Gasteiger partial charge in [0.15, 0.2) is 0 Å². The molecule has 0 radical (unpaired) electrons. The van der Waals surface area contributed by atoms with E-state index >= 15 is 0 Å². The van der Waals surface area contributed by atoms with E-state index in [1.807, 2.05) is 44.2 Å². The lowest BCUT2D eigenvalue weighted by atomic mass is 10.0. The van der Waals surface area contributed by atoms with Gasteiger partial charge in [0.05, 0.1) is 18.1 Å². The highest BCUT2D eigenvalue weighted by Gasteiger charge is 2.29. The molecule has 1 aliphatic rings. The summed E-state index contributed by atoms with van der Waals surface area (Å²) >= 11 is 3.98. The molecule has 1 fully saturated rings. The molecule has 0 saturated carbocycles. The average molecular weight is 616 g/mol. The second-order valence-electron chi connectivity index (χ2n) is 9.79. The molecular formula is C27H41N3O9S2. The maximum absolute atomic E-state index is 11.6. The zero-order chi connectivity index (χ0) is 30.8. The summed E-state index contributed by atoms with van der Waals surface area (Å²) < 4.78 is 46.0. The van der Waals surface area contributed by atoms with Crippen molar-refractivity contribution in [3.8, 4) is 0 Å². The first-order chi connectivity index (χ1) is 19.3. The van der Waals surface area contributed by atoms with E-state index < -0.39 is 33.6 Å². The third-order valence-corrected chi connectivity index (χ3v) is 6.39. The van der Waals surface area contributed by atoms with E-state index in [-0.39, 0.29) is 12.2 Å². The topological polar surface area (TPSA) is 166 Å². The Balaban J connectivity index is 0.000000422. The van der Waals surface area contributed by atoms with Crippen LogP contribution in [-0.2, 0) is 30.5 Å². The predicted molar refractivity (Wildman–Crippen MR) is 159 cm³/mol. The molecule has 12 nitrogen and oxygen atoms in total. The Kier molecular flexibility index (Phi) is 17.2. The van der Waals surface area contributed by atoms with Gasteiger partial charge < -0.3 is 20.1 Å². The van der Waals surface area contributed by atoms with Crippen molar-refractivity contribution in [3.05, 3.63) is 70.3 Å². The number of alkyl carbamates (subject to hydrolysis) is 1. The van der Waals surface area contributed by atoms with Gasteiger partial charge in [0.2, 0.25) is 0 Å². The highest BCUT2D eigenvalue weighted by molar-refractivity contribution is 7.81. The zero-order valence-corrected chi connectivity index (χ0v) is 25.5. The number of non-ortho nitro benzene ring substituents is 1. The van der Waals surface area contributed by atoms with Crippen LogP contribution in [0.5, 0.6) is 0 Å². The third kappa shape index (κ3) is 17.6. The van der Waals surface area contributed by atoms with Crippen molar-refractivity contribution in [3.63, 3.8) is 0 Å². The van der Waals surface area contributed by atoms with Crippen LogP contribution < -0.4 is 10.6 Å². The molecule has 0 bridgehead atoms. The quantitative estimate of drug-likeness (QED) is 0.124. The monoisotopic (exact) mass is 615 g/mol. The van der Waals surface area contributed by atoms with Crippen LogP contribution in [0.2, 0.25) is 0 Å². The lowest BCUT2D eigenvalue weighted by Gasteiger charge is -2.27. The van der Waals surface area contributed by atoms with Crippen LogP contribution in [-0.4, -0.2) is 69.5 Å². The maximum Gasteiger partial charge on any atom is 0.407 e. The van der Waals surface area contributed by atoms with Gasteiger partial charge in [-0.15, -0.1) is 12.6 Å². The number of nitrogens with one attached hydrogen (secondary N) is 2. The van der Waals surface area contributed by atoms with Crippen LogP contribution in [0.15, 0.2) is 59.5 Å². The molecule has 2 aromatic carbocycles. The Labute approximate surface area is 247 Å². The summed E-state index contributed by atoms with van der Waals surface area (Å²) in [4.78, 5) is 22.0. The normalized spacial score (nSPS) is 15.9. The van der Waals surface area contributed by atoms with Crippen LogP contribution >= 0.6 is 12.6 Å². The second kappa shape index (κ2) is 19.4. The van der Waals surface area contributed by atoms with Crippen molar-refractivity contribution in [2.24, 2.45) is 11.8 Å². The average Bonchev–Trinajstić information content (AvgIpc) is 3.39. The molecule has 1 aliphatic heterocycles. The van der Waals surface area contributed by atoms with Gasteiger partial charge in [-0.05, 0) is 48.9 Å². The summed E-state index contributed by atoms with van der Waals surface area (Å²) in [6.45, 7) is 8.94. The molecule has 0 spiro atoms. The third-order valence-electron chi connectivity index (χ3n) is 5.60. The fourth-order valence-corrected chi connectivity index (χ4v) is 4.16. The number of amides is 1. The van der Waals surface area contributed by atoms with Gasteiger partial charge >= 0.3 is 16.5 Å². The van der Waals surface area contributed by atoms with Gasteiger partial charge in [-0.1, -0.05) is 51.1 Å². The van der Waals surface area contributed by atoms with Gasteiger partial charge in [-0.25, -0.2) is 8.98 Å². The summed E-state index contributed by atoms with van der Waals surface area (Å²) in [6.07, 6.45) is -0.152. The summed E-state index contributed by atoms with van der Waals surface area (Å²) in [7, 11) is -3.47. The highest BCUT2D eigenvalue weighted by Crippen LogP contribution is 2.14. The molecular weight excluding hydrogens is 574 g/mol. The van der Waals surface area contributed by atoms with Gasteiger partial charge in [-0.3, -0.25) is 14.7 Å². The van der Waals surface area contributed by atoms with Crippen LogP contribution in [0.25, 0.3) is 0 Å². The fraction of sp³-hybridized carbons (Fsp3) is 0.519. The fourth-order valence-electron chi connectivity index (χ4n) is 3.49. The number of nitro groups is 1. The minimum Gasteiger partial charge on any atom is -0.453 e. The molecule has 1 heterocycles. The number of ether oxygens (including phenoxy) is 2. The zero-order valence-electron chi connectivity index (χ0n) is 23.8. The molecule has 0 aliphatic carbocycles. The summed E-state index contributed by atoms with van der Waals surface area (Å²) in [5.41, 5.74) is 0.967. The maximum atomic E-state index is 11.6. The van der Waals surface area contributed by atoms with Crippen molar-refractivity contribution in [1.82, 2.24) is 10.6 Å². The SMILES string of the molecule is CC1CCOC1.COC(=O)NC(Cc1ccccc1)C(CNCC(C)C)OS(=O)(=O)O.O=[N+]([O-])c1ccc(S)cc1. The largest absolute Gasteiger partial charge is 0.453 e. The van der Waals surface area contributed by atoms with E-state index in [1.165, 1.54) is 25.7 Å². The first-order valence-electron chi connectivity index (χ1n) is 13.1. The van der Waals surface area contributed by atoms with Crippen molar-refractivity contribution in [2.45, 2.75) is 50.7 Å². The van der Waals surface area contributed by atoms with Crippen LogP contribution in [0.3, 0.4) is 0 Å². The number of nitrogens with zero attached hydrogens (tertiary/aromatic N) is 1. The minimum atomic E-state index is -4.69. The molecule has 3 unspecified atom stereocenters. The van der Waals surface area contributed by atoms with Gasteiger partial charge in [-0.2, -0.15) is 8.42 Å². The smallest absolute Gasteiger partial charge is 0.407 e. The van der Waals surface area contributed by atoms with E-state index in [4.69, 9.17) is 13.5 Å². The van der Waals surface area contributed by atoms with Crippen LogP contribution in [0.4, 0.5) is 10.5 Å². The van der Waals surface area contributed by atoms with Crippen molar-refractivity contribution in [2.75, 3.05) is 33.4 Å². The summed E-state index contributed by atoms with van der Waals surface area (Å²) in [6, 6.07) is 14.5. The van der Waals surface area contributed by atoms with Crippen LogP contribution in [0, 0.1) is 22.0 Å². The van der Waals surface area contributed by atoms with Gasteiger partial charge in [0, 0.05) is 36.8 Å². The second-order valence-corrected chi connectivity index (χ2v) is 11.4.